The van der Waals surface area contributed by atoms with Gasteiger partial charge in [0, 0.05) is 35.2 Å². The number of nitrogens with zero attached hydrogens (tertiary/aromatic N) is 2. The Labute approximate surface area is 122 Å². The molecule has 0 saturated carbocycles. The molecule has 4 heteroatoms. The van der Waals surface area contributed by atoms with E-state index in [1.807, 2.05) is 34.3 Å². The van der Waals surface area contributed by atoms with Gasteiger partial charge < -0.3 is 5.32 Å². The van der Waals surface area contributed by atoms with Crippen molar-refractivity contribution in [3.05, 3.63) is 70.2 Å². The standard InChI is InChI=1S/C16H17N3S/c1-13-7-8-15(20-13)12-17-11-14-5-2-3-6-16(14)19-10-4-9-18-19/h2-10,17H,11-12H2,1H3. The Morgan fingerprint density at radius 3 is 2.75 bits per heavy atom. The molecule has 0 atom stereocenters. The van der Waals surface area contributed by atoms with E-state index in [0.717, 1.165) is 18.8 Å². The first-order valence-corrected chi connectivity index (χ1v) is 7.48. The van der Waals surface area contributed by atoms with E-state index < -0.39 is 0 Å². The minimum absolute atomic E-state index is 0.840. The Hall–Kier alpha value is -1.91. The minimum atomic E-state index is 0.840. The summed E-state index contributed by atoms with van der Waals surface area (Å²) in [4.78, 5) is 2.73. The van der Waals surface area contributed by atoms with Crippen LogP contribution in [0.15, 0.2) is 54.9 Å². The molecular formula is C16H17N3S. The van der Waals surface area contributed by atoms with Crippen LogP contribution in [-0.2, 0) is 13.1 Å². The first-order valence-electron chi connectivity index (χ1n) is 6.67. The maximum absolute atomic E-state index is 4.31. The molecule has 3 aromatic rings. The van der Waals surface area contributed by atoms with Crippen molar-refractivity contribution in [1.82, 2.24) is 15.1 Å². The highest BCUT2D eigenvalue weighted by atomic mass is 32.1. The first kappa shape index (κ1) is 13.1. The smallest absolute Gasteiger partial charge is 0.0690 e. The molecule has 0 bridgehead atoms. The summed E-state index contributed by atoms with van der Waals surface area (Å²) in [5.41, 5.74) is 2.39. The van der Waals surface area contributed by atoms with Crippen LogP contribution in [-0.4, -0.2) is 9.78 Å². The van der Waals surface area contributed by atoms with Crippen molar-refractivity contribution in [2.24, 2.45) is 0 Å². The fourth-order valence-corrected chi connectivity index (χ4v) is 3.06. The Kier molecular flexibility index (Phi) is 3.95. The molecular weight excluding hydrogens is 266 g/mol. The van der Waals surface area contributed by atoms with Crippen molar-refractivity contribution >= 4 is 11.3 Å². The van der Waals surface area contributed by atoms with Gasteiger partial charge in [-0.15, -0.1) is 11.3 Å². The molecule has 1 N–H and O–H groups in total. The highest BCUT2D eigenvalue weighted by Gasteiger charge is 2.04. The van der Waals surface area contributed by atoms with Gasteiger partial charge in [-0.25, -0.2) is 4.68 Å². The van der Waals surface area contributed by atoms with Crippen LogP contribution in [0.3, 0.4) is 0 Å². The van der Waals surface area contributed by atoms with Gasteiger partial charge in [0.2, 0.25) is 0 Å². The quantitative estimate of drug-likeness (QED) is 0.776. The lowest BCUT2D eigenvalue weighted by atomic mass is 10.2. The van der Waals surface area contributed by atoms with Gasteiger partial charge in [-0.2, -0.15) is 5.10 Å². The van der Waals surface area contributed by atoms with Crippen LogP contribution in [0.25, 0.3) is 5.69 Å². The lowest BCUT2D eigenvalue weighted by Crippen LogP contribution is -2.14. The fourth-order valence-electron chi connectivity index (χ4n) is 2.20. The number of hydrogen-bond donors (Lipinski definition) is 1. The summed E-state index contributed by atoms with van der Waals surface area (Å²) in [5.74, 6) is 0. The van der Waals surface area contributed by atoms with Gasteiger partial charge >= 0.3 is 0 Å². The summed E-state index contributed by atoms with van der Waals surface area (Å²) in [6.07, 6.45) is 3.78. The van der Waals surface area contributed by atoms with Gasteiger partial charge in [0.15, 0.2) is 0 Å². The average Bonchev–Trinajstić information content (AvgIpc) is 3.11. The zero-order chi connectivity index (χ0) is 13.8. The van der Waals surface area contributed by atoms with Crippen molar-refractivity contribution < 1.29 is 0 Å². The zero-order valence-electron chi connectivity index (χ0n) is 11.4. The highest BCUT2D eigenvalue weighted by molar-refractivity contribution is 7.11. The van der Waals surface area contributed by atoms with Gasteiger partial charge in [-0.1, -0.05) is 18.2 Å². The number of thiophene rings is 1. The van der Waals surface area contributed by atoms with E-state index in [2.05, 4.69) is 47.7 Å². The molecule has 0 aliphatic heterocycles. The van der Waals surface area contributed by atoms with Gasteiger partial charge in [-0.3, -0.25) is 0 Å². The number of benzene rings is 1. The second kappa shape index (κ2) is 6.03. The summed E-state index contributed by atoms with van der Waals surface area (Å²) in [7, 11) is 0. The van der Waals surface area contributed by atoms with Crippen LogP contribution in [0.5, 0.6) is 0 Å². The van der Waals surface area contributed by atoms with Gasteiger partial charge in [0.25, 0.3) is 0 Å². The van der Waals surface area contributed by atoms with Crippen molar-refractivity contribution in [1.29, 1.82) is 0 Å². The highest BCUT2D eigenvalue weighted by Crippen LogP contribution is 2.16. The number of aromatic nitrogens is 2. The van der Waals surface area contributed by atoms with Crippen LogP contribution in [0, 0.1) is 6.92 Å². The predicted octanol–water partition coefficient (Wildman–Crippen LogP) is 3.53. The fraction of sp³-hybridized carbons (Fsp3) is 0.188. The minimum Gasteiger partial charge on any atom is -0.308 e. The molecule has 2 aromatic heterocycles. The second-order valence-corrected chi connectivity index (χ2v) is 6.07. The molecule has 1 aromatic carbocycles. The molecule has 0 saturated heterocycles. The summed E-state index contributed by atoms with van der Waals surface area (Å²) < 4.78 is 1.91. The SMILES string of the molecule is Cc1ccc(CNCc2ccccc2-n2cccn2)s1. The summed E-state index contributed by atoms with van der Waals surface area (Å²) in [6.45, 7) is 3.89. The van der Waals surface area contributed by atoms with Crippen LogP contribution >= 0.6 is 11.3 Å². The molecule has 2 heterocycles. The van der Waals surface area contributed by atoms with E-state index >= 15 is 0 Å². The largest absolute Gasteiger partial charge is 0.308 e. The molecule has 0 unspecified atom stereocenters. The van der Waals surface area contributed by atoms with E-state index in [9.17, 15) is 0 Å². The Morgan fingerprint density at radius 2 is 2.00 bits per heavy atom. The predicted molar refractivity (Wildman–Crippen MR) is 83.2 cm³/mol. The second-order valence-electron chi connectivity index (χ2n) is 4.70. The lowest BCUT2D eigenvalue weighted by Gasteiger charge is -2.10. The monoisotopic (exact) mass is 283 g/mol. The van der Waals surface area contributed by atoms with Crippen LogP contribution in [0.1, 0.15) is 15.3 Å². The molecule has 0 aliphatic rings. The third-order valence-corrected chi connectivity index (χ3v) is 4.15. The van der Waals surface area contributed by atoms with E-state index in [-0.39, 0.29) is 0 Å². The summed E-state index contributed by atoms with van der Waals surface area (Å²) >= 11 is 1.84. The number of rotatable bonds is 5. The van der Waals surface area contributed by atoms with Crippen LogP contribution in [0.4, 0.5) is 0 Å². The summed E-state index contributed by atoms with van der Waals surface area (Å²) in [6, 6.07) is 14.6. The van der Waals surface area contributed by atoms with Crippen molar-refractivity contribution in [3.8, 4) is 5.69 Å². The third kappa shape index (κ3) is 2.98. The summed E-state index contributed by atoms with van der Waals surface area (Å²) in [5, 5.41) is 7.81. The molecule has 0 fully saturated rings. The van der Waals surface area contributed by atoms with Crippen molar-refractivity contribution in [3.63, 3.8) is 0 Å². The van der Waals surface area contributed by atoms with Gasteiger partial charge in [0.05, 0.1) is 5.69 Å². The lowest BCUT2D eigenvalue weighted by molar-refractivity contribution is 0.693. The first-order chi connectivity index (χ1) is 9.83. The average molecular weight is 283 g/mol. The molecule has 20 heavy (non-hydrogen) atoms. The Balaban J connectivity index is 1.68. The van der Waals surface area contributed by atoms with E-state index in [1.54, 1.807) is 6.20 Å². The maximum atomic E-state index is 4.31. The van der Waals surface area contributed by atoms with E-state index in [1.165, 1.54) is 15.3 Å². The normalized spacial score (nSPS) is 10.8. The number of hydrogen-bond acceptors (Lipinski definition) is 3. The van der Waals surface area contributed by atoms with Crippen LogP contribution < -0.4 is 5.32 Å². The van der Waals surface area contributed by atoms with Gasteiger partial charge in [-0.05, 0) is 36.8 Å². The molecule has 0 radical (unpaired) electrons. The number of nitrogens with one attached hydrogen (secondary N) is 1. The number of para-hydroxylation sites is 1. The third-order valence-electron chi connectivity index (χ3n) is 3.15. The van der Waals surface area contributed by atoms with E-state index in [0.29, 0.717) is 0 Å². The topological polar surface area (TPSA) is 29.9 Å². The molecule has 102 valence electrons. The van der Waals surface area contributed by atoms with E-state index in [4.69, 9.17) is 0 Å². The van der Waals surface area contributed by atoms with Crippen LogP contribution in [0.2, 0.25) is 0 Å². The molecule has 0 spiro atoms. The molecule has 3 rings (SSSR count). The van der Waals surface area contributed by atoms with Gasteiger partial charge in [0.1, 0.15) is 0 Å². The molecule has 0 aliphatic carbocycles. The number of aryl methyl sites for hydroxylation is 1. The molecule has 3 nitrogen and oxygen atoms in total. The zero-order valence-corrected chi connectivity index (χ0v) is 12.2. The van der Waals surface area contributed by atoms with Crippen molar-refractivity contribution in [2.75, 3.05) is 0 Å². The Bertz CT molecular complexity index is 671. The van der Waals surface area contributed by atoms with Crippen molar-refractivity contribution in [2.45, 2.75) is 20.0 Å². The maximum Gasteiger partial charge on any atom is 0.0690 e. The Morgan fingerprint density at radius 1 is 1.10 bits per heavy atom. The molecule has 0 amide bonds.